The molecule has 0 saturated carbocycles. The summed E-state index contributed by atoms with van der Waals surface area (Å²) < 4.78 is 5.39. The largest absolute Gasteiger partial charge is 0.469 e. The number of nitrogens with zero attached hydrogens (tertiary/aromatic N) is 1. The number of thiophene rings is 1. The van der Waals surface area contributed by atoms with Gasteiger partial charge < -0.3 is 15.1 Å². The summed E-state index contributed by atoms with van der Waals surface area (Å²) in [5.74, 6) is 4.40. The molecule has 4 nitrogen and oxygen atoms in total. The van der Waals surface area contributed by atoms with Crippen LogP contribution in [0.15, 0.2) is 45.3 Å². The molecule has 24 heavy (non-hydrogen) atoms. The van der Waals surface area contributed by atoms with Crippen LogP contribution in [0.5, 0.6) is 0 Å². The van der Waals surface area contributed by atoms with E-state index in [0.29, 0.717) is 6.04 Å². The molecule has 6 heteroatoms. The fourth-order valence-electron chi connectivity index (χ4n) is 2.69. The van der Waals surface area contributed by atoms with Gasteiger partial charge in [-0.15, -0.1) is 11.3 Å². The lowest BCUT2D eigenvalue weighted by Gasteiger charge is -2.24. The number of thioether (sulfide) groups is 1. The topological polar surface area (TPSA) is 49.6 Å². The average molecular weight is 364 g/mol. The second kappa shape index (κ2) is 9.79. The number of rotatable bonds is 7. The molecule has 1 unspecified atom stereocenters. The number of hydrogen-bond acceptors (Lipinski definition) is 4. The highest BCUT2D eigenvalue weighted by molar-refractivity contribution is 7.99. The maximum atomic E-state index is 5.39. The van der Waals surface area contributed by atoms with Gasteiger partial charge in [0.2, 0.25) is 0 Å². The van der Waals surface area contributed by atoms with Crippen LogP contribution >= 0.6 is 23.1 Å². The number of hydrogen-bond donors (Lipinski definition) is 2. The molecule has 2 N–H and O–H groups in total. The molecule has 0 bridgehead atoms. The smallest absolute Gasteiger partial charge is 0.191 e. The standard InChI is InChI=1S/C18H25N3OS2/c1-5-16(22-11-1)7-9-19-18(21-15-4-2-12-23-14-15)20-10-8-17-6-3-13-24-17/h1,3,5-6,11,13,15H,2,4,7-10,12,14H2,(H2,19,20,21). The number of aliphatic imine (C=N–C) groups is 1. The molecular formula is C18H25N3OS2. The molecule has 0 radical (unpaired) electrons. The molecule has 0 aliphatic carbocycles. The SMILES string of the molecule is c1coc(CCNC(=NCCc2cccs2)NC2CCCSC2)c1. The Hall–Kier alpha value is -1.40. The number of nitrogens with one attached hydrogen (secondary N) is 2. The van der Waals surface area contributed by atoms with Gasteiger partial charge in [0.25, 0.3) is 0 Å². The lowest BCUT2D eigenvalue weighted by atomic mass is 10.2. The van der Waals surface area contributed by atoms with Crippen molar-refractivity contribution in [3.63, 3.8) is 0 Å². The fourth-order valence-corrected chi connectivity index (χ4v) is 4.46. The minimum atomic E-state index is 0.528. The Balaban J connectivity index is 1.50. The highest BCUT2D eigenvalue weighted by atomic mass is 32.2. The minimum absolute atomic E-state index is 0.528. The van der Waals surface area contributed by atoms with Crippen LogP contribution in [-0.4, -0.2) is 36.6 Å². The molecule has 1 fully saturated rings. The summed E-state index contributed by atoms with van der Waals surface area (Å²) in [7, 11) is 0. The predicted molar refractivity (Wildman–Crippen MR) is 104 cm³/mol. The summed E-state index contributed by atoms with van der Waals surface area (Å²) in [4.78, 5) is 6.16. The second-order valence-electron chi connectivity index (χ2n) is 5.87. The molecule has 1 aliphatic heterocycles. The molecular weight excluding hydrogens is 338 g/mol. The van der Waals surface area contributed by atoms with Gasteiger partial charge in [-0.1, -0.05) is 6.07 Å². The Morgan fingerprint density at radius 1 is 1.29 bits per heavy atom. The van der Waals surface area contributed by atoms with Crippen molar-refractivity contribution >= 4 is 29.1 Å². The Morgan fingerprint density at radius 2 is 2.29 bits per heavy atom. The van der Waals surface area contributed by atoms with Crippen LogP contribution in [0.3, 0.4) is 0 Å². The van der Waals surface area contributed by atoms with Crippen molar-refractivity contribution in [1.29, 1.82) is 0 Å². The van der Waals surface area contributed by atoms with Gasteiger partial charge in [0.05, 0.1) is 6.26 Å². The number of furan rings is 1. The third kappa shape index (κ3) is 5.91. The zero-order chi connectivity index (χ0) is 16.5. The van der Waals surface area contributed by atoms with E-state index in [4.69, 9.17) is 9.41 Å². The molecule has 1 aliphatic rings. The van der Waals surface area contributed by atoms with Gasteiger partial charge in [0.1, 0.15) is 5.76 Å². The molecule has 0 spiro atoms. The molecule has 1 atom stereocenters. The molecule has 3 rings (SSSR count). The van der Waals surface area contributed by atoms with Gasteiger partial charge in [-0.3, -0.25) is 4.99 Å². The van der Waals surface area contributed by atoms with E-state index in [1.54, 1.807) is 17.6 Å². The monoisotopic (exact) mass is 363 g/mol. The van der Waals surface area contributed by atoms with E-state index in [9.17, 15) is 0 Å². The molecule has 3 heterocycles. The summed E-state index contributed by atoms with van der Waals surface area (Å²) in [5, 5.41) is 9.19. The predicted octanol–water partition coefficient (Wildman–Crippen LogP) is 3.56. The first kappa shape index (κ1) is 17.4. The molecule has 130 valence electrons. The summed E-state index contributed by atoms with van der Waals surface area (Å²) in [6.07, 6.45) is 6.12. The highest BCUT2D eigenvalue weighted by Crippen LogP contribution is 2.16. The van der Waals surface area contributed by atoms with Gasteiger partial charge in [-0.05, 0) is 42.2 Å². The van der Waals surface area contributed by atoms with Crippen molar-refractivity contribution in [3.8, 4) is 0 Å². The van der Waals surface area contributed by atoms with Crippen molar-refractivity contribution in [2.24, 2.45) is 4.99 Å². The van der Waals surface area contributed by atoms with Crippen molar-refractivity contribution in [2.75, 3.05) is 24.6 Å². The summed E-state index contributed by atoms with van der Waals surface area (Å²) in [6.45, 7) is 1.65. The maximum Gasteiger partial charge on any atom is 0.191 e. The van der Waals surface area contributed by atoms with E-state index in [1.807, 2.05) is 23.9 Å². The molecule has 0 aromatic carbocycles. The highest BCUT2D eigenvalue weighted by Gasteiger charge is 2.15. The first-order chi connectivity index (χ1) is 11.9. The lowest BCUT2D eigenvalue weighted by Crippen LogP contribution is -2.46. The Kier molecular flexibility index (Phi) is 7.11. The summed E-state index contributed by atoms with van der Waals surface area (Å²) in [6, 6.07) is 8.75. The van der Waals surface area contributed by atoms with E-state index >= 15 is 0 Å². The zero-order valence-corrected chi connectivity index (χ0v) is 15.5. The van der Waals surface area contributed by atoms with E-state index in [2.05, 4.69) is 28.1 Å². The van der Waals surface area contributed by atoms with Gasteiger partial charge in [0, 0.05) is 42.6 Å². The van der Waals surface area contributed by atoms with E-state index < -0.39 is 0 Å². The molecule has 2 aromatic heterocycles. The molecule has 0 amide bonds. The average Bonchev–Trinajstić information content (AvgIpc) is 3.29. The number of guanidine groups is 1. The van der Waals surface area contributed by atoms with Crippen LogP contribution in [0.25, 0.3) is 0 Å². The van der Waals surface area contributed by atoms with Gasteiger partial charge in [0.15, 0.2) is 5.96 Å². The van der Waals surface area contributed by atoms with Crippen molar-refractivity contribution < 1.29 is 4.42 Å². The Labute approximate surface area is 152 Å². The van der Waals surface area contributed by atoms with E-state index in [1.165, 1.54) is 29.2 Å². The normalized spacial score (nSPS) is 18.5. The Bertz CT molecular complexity index is 590. The van der Waals surface area contributed by atoms with Crippen molar-refractivity contribution in [3.05, 3.63) is 46.5 Å². The summed E-state index contributed by atoms with van der Waals surface area (Å²) in [5.41, 5.74) is 0. The molecule has 2 aromatic rings. The fraction of sp³-hybridized carbons (Fsp3) is 0.500. The first-order valence-corrected chi connectivity index (χ1v) is 10.6. The van der Waals surface area contributed by atoms with Crippen LogP contribution in [-0.2, 0) is 12.8 Å². The van der Waals surface area contributed by atoms with E-state index in [0.717, 1.165) is 37.7 Å². The van der Waals surface area contributed by atoms with Crippen LogP contribution < -0.4 is 10.6 Å². The van der Waals surface area contributed by atoms with Gasteiger partial charge in [-0.25, -0.2) is 0 Å². The van der Waals surface area contributed by atoms with Crippen molar-refractivity contribution in [2.45, 2.75) is 31.7 Å². The van der Waals surface area contributed by atoms with Gasteiger partial charge >= 0.3 is 0 Å². The molecule has 1 saturated heterocycles. The van der Waals surface area contributed by atoms with Gasteiger partial charge in [-0.2, -0.15) is 11.8 Å². The van der Waals surface area contributed by atoms with Crippen LogP contribution in [0.4, 0.5) is 0 Å². The summed E-state index contributed by atoms with van der Waals surface area (Å²) >= 11 is 3.83. The zero-order valence-electron chi connectivity index (χ0n) is 13.9. The van der Waals surface area contributed by atoms with Crippen LogP contribution in [0.1, 0.15) is 23.5 Å². The maximum absolute atomic E-state index is 5.39. The third-order valence-corrected chi connectivity index (χ3v) is 6.10. The van der Waals surface area contributed by atoms with Crippen LogP contribution in [0, 0.1) is 0 Å². The third-order valence-electron chi connectivity index (χ3n) is 3.95. The quantitative estimate of drug-likeness (QED) is 0.583. The Morgan fingerprint density at radius 3 is 3.04 bits per heavy atom. The minimum Gasteiger partial charge on any atom is -0.469 e. The van der Waals surface area contributed by atoms with E-state index in [-0.39, 0.29) is 0 Å². The first-order valence-electron chi connectivity index (χ1n) is 8.57. The van der Waals surface area contributed by atoms with Crippen LogP contribution in [0.2, 0.25) is 0 Å². The van der Waals surface area contributed by atoms with Crippen molar-refractivity contribution in [1.82, 2.24) is 10.6 Å². The second-order valence-corrected chi connectivity index (χ2v) is 8.06. The lowest BCUT2D eigenvalue weighted by molar-refractivity contribution is 0.505.